The summed E-state index contributed by atoms with van der Waals surface area (Å²) >= 11 is 0. The normalized spacial score (nSPS) is 15.6. The van der Waals surface area contributed by atoms with Gasteiger partial charge in [0.2, 0.25) is 0 Å². The highest BCUT2D eigenvalue weighted by Crippen LogP contribution is 2.38. The summed E-state index contributed by atoms with van der Waals surface area (Å²) in [4.78, 5) is 11.7. The fraction of sp³-hybridized carbons (Fsp3) is 0.350. The molecule has 158 valence electrons. The van der Waals surface area contributed by atoms with Crippen LogP contribution in [-0.4, -0.2) is 19.9 Å². The maximum Gasteiger partial charge on any atom is 0.416 e. The van der Waals surface area contributed by atoms with E-state index >= 15 is 0 Å². The van der Waals surface area contributed by atoms with Crippen LogP contribution in [0.4, 0.5) is 26.3 Å². The molecule has 0 fully saturated rings. The van der Waals surface area contributed by atoms with Crippen molar-refractivity contribution < 1.29 is 35.9 Å². The van der Waals surface area contributed by atoms with E-state index in [1.54, 1.807) is 30.3 Å². The molecule has 0 spiro atoms. The summed E-state index contributed by atoms with van der Waals surface area (Å²) in [7, 11) is 1.50. The van der Waals surface area contributed by atoms with Crippen LogP contribution in [0, 0.1) is 0 Å². The highest BCUT2D eigenvalue weighted by atomic mass is 19.4. The van der Waals surface area contributed by atoms with Crippen LogP contribution in [0.5, 0.6) is 0 Å². The molecular formula is C20H19F6NO2. The summed E-state index contributed by atoms with van der Waals surface area (Å²) in [5.74, 6) is 0. The molecule has 3 nitrogen and oxygen atoms in total. The third-order valence-electron chi connectivity index (χ3n) is 4.58. The number of hydrogen-bond acceptors (Lipinski definition) is 3. The summed E-state index contributed by atoms with van der Waals surface area (Å²) in [6.45, 7) is 1.03. The average molecular weight is 419 g/mol. The van der Waals surface area contributed by atoms with Crippen molar-refractivity contribution in [2.45, 2.75) is 30.9 Å². The number of rotatable bonds is 7. The molecule has 9 heteroatoms. The Morgan fingerprint density at radius 2 is 1.45 bits per heavy atom. The molecule has 0 unspecified atom stereocenters. The molecule has 0 bridgehead atoms. The van der Waals surface area contributed by atoms with E-state index in [0.717, 1.165) is 0 Å². The summed E-state index contributed by atoms with van der Waals surface area (Å²) in [5.41, 5.74) is -3.89. The Morgan fingerprint density at radius 3 is 1.86 bits per heavy atom. The predicted octanol–water partition coefficient (Wildman–Crippen LogP) is 5.12. The maximum atomic E-state index is 13.0. The minimum atomic E-state index is -4.95. The molecule has 1 N–H and O–H groups in total. The van der Waals surface area contributed by atoms with Gasteiger partial charge in [-0.15, -0.1) is 0 Å². The molecule has 0 radical (unpaired) electrons. The summed E-state index contributed by atoms with van der Waals surface area (Å²) in [5, 5.41) is 2.81. The minimum absolute atomic E-state index is 0.0590. The fourth-order valence-corrected chi connectivity index (χ4v) is 2.76. The minimum Gasteiger partial charge on any atom is -0.371 e. The lowest BCUT2D eigenvalue weighted by Gasteiger charge is -2.30. The number of aldehydes is 1. The molecule has 29 heavy (non-hydrogen) atoms. The first kappa shape index (κ1) is 22.9. The maximum absolute atomic E-state index is 13.0. The van der Waals surface area contributed by atoms with Gasteiger partial charge in [0.05, 0.1) is 23.8 Å². The molecule has 0 aromatic heterocycles. The van der Waals surface area contributed by atoms with Crippen LogP contribution < -0.4 is 5.32 Å². The Hall–Kier alpha value is -2.39. The zero-order valence-electron chi connectivity index (χ0n) is 15.6. The van der Waals surface area contributed by atoms with Crippen LogP contribution in [0.3, 0.4) is 0 Å². The summed E-state index contributed by atoms with van der Waals surface area (Å²) in [6, 6.07) is 9.72. The Kier molecular flexibility index (Phi) is 6.74. The number of benzene rings is 2. The molecule has 0 saturated heterocycles. The highest BCUT2D eigenvalue weighted by molar-refractivity contribution is 5.68. The molecule has 0 saturated carbocycles. The van der Waals surface area contributed by atoms with Crippen molar-refractivity contribution in [3.05, 3.63) is 70.8 Å². The van der Waals surface area contributed by atoms with Crippen molar-refractivity contribution in [1.29, 1.82) is 0 Å². The Balaban J connectivity index is 2.34. The Bertz CT molecular complexity index is 803. The van der Waals surface area contributed by atoms with Gasteiger partial charge in [0.1, 0.15) is 11.8 Å². The van der Waals surface area contributed by atoms with E-state index in [-0.39, 0.29) is 18.2 Å². The topological polar surface area (TPSA) is 38.3 Å². The van der Waals surface area contributed by atoms with Crippen LogP contribution in [0.1, 0.15) is 35.3 Å². The van der Waals surface area contributed by atoms with Gasteiger partial charge < -0.3 is 14.8 Å². The first-order chi connectivity index (χ1) is 13.4. The van der Waals surface area contributed by atoms with Gasteiger partial charge in [-0.05, 0) is 43.3 Å². The third kappa shape index (κ3) is 5.36. The van der Waals surface area contributed by atoms with Gasteiger partial charge in [0.25, 0.3) is 0 Å². The molecule has 2 atom stereocenters. The van der Waals surface area contributed by atoms with E-state index < -0.39 is 35.1 Å². The second kappa shape index (κ2) is 8.54. The van der Waals surface area contributed by atoms with Gasteiger partial charge in [-0.1, -0.05) is 30.3 Å². The predicted molar refractivity (Wildman–Crippen MR) is 94.1 cm³/mol. The largest absolute Gasteiger partial charge is 0.416 e. The van der Waals surface area contributed by atoms with Crippen molar-refractivity contribution in [1.82, 2.24) is 5.32 Å². The third-order valence-corrected chi connectivity index (χ3v) is 4.58. The van der Waals surface area contributed by atoms with Crippen molar-refractivity contribution in [2.75, 3.05) is 13.7 Å². The molecule has 0 aliphatic carbocycles. The Morgan fingerprint density at radius 1 is 0.931 bits per heavy atom. The number of nitrogens with one attached hydrogen (secondary N) is 1. The van der Waals surface area contributed by atoms with Crippen LogP contribution in [0.2, 0.25) is 0 Å². The molecule has 0 amide bonds. The summed E-state index contributed by atoms with van der Waals surface area (Å²) < 4.78 is 83.8. The number of carbonyl (C=O) groups is 1. The number of carbonyl (C=O) groups excluding carboxylic acids is 1. The van der Waals surface area contributed by atoms with E-state index in [0.29, 0.717) is 24.0 Å². The standard InChI is InChI=1S/C20H19F6NO2/c1-13(29-12-18(11-28,27-2)15-6-4-3-5-7-15)14-8-16(19(21,22)23)10-17(9-14)20(24,25)26/h3-11,13,27H,12H2,1-2H3/t13-,18-/m1/s1. The van der Waals surface area contributed by atoms with Gasteiger partial charge in [0, 0.05) is 0 Å². The van der Waals surface area contributed by atoms with Crippen LogP contribution in [0.15, 0.2) is 48.5 Å². The van der Waals surface area contributed by atoms with Crippen LogP contribution in [0.25, 0.3) is 0 Å². The van der Waals surface area contributed by atoms with Gasteiger partial charge in [0.15, 0.2) is 0 Å². The number of ether oxygens (including phenoxy) is 1. The van der Waals surface area contributed by atoms with E-state index in [1.807, 2.05) is 0 Å². The van der Waals surface area contributed by atoms with Gasteiger partial charge in [-0.25, -0.2) is 0 Å². The molecule has 0 heterocycles. The van der Waals surface area contributed by atoms with Crippen molar-refractivity contribution in [3.8, 4) is 0 Å². The monoisotopic (exact) mass is 419 g/mol. The van der Waals surface area contributed by atoms with Crippen molar-refractivity contribution >= 4 is 6.29 Å². The van der Waals surface area contributed by atoms with Crippen LogP contribution in [-0.2, 0) is 27.4 Å². The molecule has 2 aromatic rings. The van der Waals surface area contributed by atoms with E-state index in [1.165, 1.54) is 14.0 Å². The fourth-order valence-electron chi connectivity index (χ4n) is 2.76. The molecule has 0 aliphatic rings. The SMILES string of the molecule is CN[C@](C=O)(CO[C@H](C)c1cc(C(F)(F)F)cc(C(F)(F)F)c1)c1ccccc1. The zero-order valence-corrected chi connectivity index (χ0v) is 15.6. The number of hydrogen-bond donors (Lipinski definition) is 1. The average Bonchev–Trinajstić information content (AvgIpc) is 2.68. The zero-order chi connectivity index (χ0) is 21.9. The van der Waals surface area contributed by atoms with Gasteiger partial charge >= 0.3 is 12.4 Å². The lowest BCUT2D eigenvalue weighted by molar-refractivity contribution is -0.143. The lowest BCUT2D eigenvalue weighted by Crippen LogP contribution is -2.46. The van der Waals surface area contributed by atoms with Crippen LogP contribution >= 0.6 is 0 Å². The summed E-state index contributed by atoms with van der Waals surface area (Å²) in [6.07, 6.45) is -10.4. The lowest BCUT2D eigenvalue weighted by atomic mass is 9.92. The van der Waals surface area contributed by atoms with E-state index in [9.17, 15) is 31.1 Å². The second-order valence-electron chi connectivity index (χ2n) is 6.50. The number of likely N-dealkylation sites (N-methyl/N-ethyl adjacent to an activating group) is 1. The van der Waals surface area contributed by atoms with Gasteiger partial charge in [-0.2, -0.15) is 26.3 Å². The molecule has 2 aromatic carbocycles. The quantitative estimate of drug-likeness (QED) is 0.500. The number of halogens is 6. The van der Waals surface area contributed by atoms with E-state index in [2.05, 4.69) is 5.32 Å². The molecular weight excluding hydrogens is 400 g/mol. The van der Waals surface area contributed by atoms with Crippen molar-refractivity contribution in [2.24, 2.45) is 0 Å². The highest BCUT2D eigenvalue weighted by Gasteiger charge is 2.38. The van der Waals surface area contributed by atoms with Crippen molar-refractivity contribution in [3.63, 3.8) is 0 Å². The second-order valence-corrected chi connectivity index (χ2v) is 6.50. The first-order valence-corrected chi connectivity index (χ1v) is 8.54. The first-order valence-electron chi connectivity index (χ1n) is 8.54. The van der Waals surface area contributed by atoms with E-state index in [4.69, 9.17) is 4.74 Å². The molecule has 2 rings (SSSR count). The van der Waals surface area contributed by atoms with Gasteiger partial charge in [-0.3, -0.25) is 0 Å². The molecule has 0 aliphatic heterocycles. The number of alkyl halides is 6. The Labute approximate surface area is 163 Å². The smallest absolute Gasteiger partial charge is 0.371 e.